The van der Waals surface area contributed by atoms with Crippen LogP contribution in [0.3, 0.4) is 0 Å². The Hall–Kier alpha value is -2.22. The van der Waals surface area contributed by atoms with Gasteiger partial charge in [0.1, 0.15) is 6.10 Å². The van der Waals surface area contributed by atoms with Crippen LogP contribution in [0.5, 0.6) is 0 Å². The second-order valence-corrected chi connectivity index (χ2v) is 17.6. The Morgan fingerprint density at radius 1 is 0.581 bits per heavy atom. The summed E-state index contributed by atoms with van der Waals surface area (Å²) in [5.41, 5.74) is 0. The standard InChI is InChI=1S/C19H33NO4.C19H36O2.C17H34/c1-5-6-7-9-16-15(14-19(22)23-4)11-12-17(16)24-18(21)10-8-13-20(2)3;1-2-3-4-5-6-7-8-9-10-11-12-13-14-15-16-18-21-19-17-20;1-3-5-7-9-11-13-15-17-16-14-12-10-8-6-4-2/h6-7,15-17H,5,8-14H2,1-4H3;5-6,8-9,20H,2-4,7,10-19H2,1H3;11,13H,3-10,12,14-17H2,1-2H3/b7-6-;6-5-,9-8-;13-11-. The second-order valence-electron chi connectivity index (χ2n) is 17.6. The molecule has 1 fully saturated rings. The van der Waals surface area contributed by atoms with Crippen LogP contribution in [0.4, 0.5) is 0 Å². The van der Waals surface area contributed by atoms with Gasteiger partial charge in [0.2, 0.25) is 0 Å². The number of carbonyl (C=O) groups is 2. The van der Waals surface area contributed by atoms with Gasteiger partial charge in [0.05, 0.1) is 20.3 Å². The van der Waals surface area contributed by atoms with Crippen LogP contribution in [0.1, 0.15) is 227 Å². The number of ether oxygens (including phenoxy) is 3. The molecule has 0 saturated heterocycles. The summed E-state index contributed by atoms with van der Waals surface area (Å²) in [5.74, 6) is 0.149. The van der Waals surface area contributed by atoms with E-state index in [1.54, 1.807) is 0 Å². The highest BCUT2D eigenvalue weighted by molar-refractivity contribution is 5.70. The van der Waals surface area contributed by atoms with Crippen molar-refractivity contribution in [2.45, 2.75) is 233 Å². The number of nitrogens with zero attached hydrogens (tertiary/aromatic N) is 1. The van der Waals surface area contributed by atoms with Crippen LogP contribution in [0.2, 0.25) is 0 Å². The minimum atomic E-state index is -0.178. The number of rotatable bonds is 39. The Morgan fingerprint density at radius 2 is 1.10 bits per heavy atom. The van der Waals surface area contributed by atoms with Gasteiger partial charge in [0.15, 0.2) is 0 Å². The molecule has 364 valence electrons. The molecule has 1 aliphatic rings. The highest BCUT2D eigenvalue weighted by Gasteiger charge is 2.38. The molecule has 0 aromatic rings. The lowest BCUT2D eigenvalue weighted by Crippen LogP contribution is -2.26. The van der Waals surface area contributed by atoms with Gasteiger partial charge in [-0.05, 0) is 116 Å². The van der Waals surface area contributed by atoms with Gasteiger partial charge in [-0.2, -0.15) is 0 Å². The molecule has 0 radical (unpaired) electrons. The third-order valence-electron chi connectivity index (χ3n) is 11.5. The van der Waals surface area contributed by atoms with Crippen molar-refractivity contribution < 1.29 is 28.9 Å². The van der Waals surface area contributed by atoms with E-state index in [9.17, 15) is 9.59 Å². The fourth-order valence-electron chi connectivity index (χ4n) is 7.65. The summed E-state index contributed by atoms with van der Waals surface area (Å²) in [6, 6.07) is 0. The molecule has 3 unspecified atom stereocenters. The van der Waals surface area contributed by atoms with Crippen molar-refractivity contribution >= 4 is 11.9 Å². The molecule has 0 heterocycles. The molecule has 7 heteroatoms. The van der Waals surface area contributed by atoms with E-state index < -0.39 is 0 Å². The first kappa shape index (κ1) is 61.9. The third kappa shape index (κ3) is 45.8. The molecule has 0 spiro atoms. The number of carbonyl (C=O) groups excluding carboxylic acids is 2. The van der Waals surface area contributed by atoms with Crippen LogP contribution < -0.4 is 0 Å². The van der Waals surface area contributed by atoms with E-state index in [1.165, 1.54) is 148 Å². The van der Waals surface area contributed by atoms with Crippen LogP contribution >= 0.6 is 0 Å². The maximum Gasteiger partial charge on any atom is 0.306 e. The minimum absolute atomic E-state index is 0.0759. The fourth-order valence-corrected chi connectivity index (χ4v) is 7.65. The summed E-state index contributed by atoms with van der Waals surface area (Å²) < 4.78 is 15.8. The predicted octanol–water partition coefficient (Wildman–Crippen LogP) is 15.3. The Morgan fingerprint density at radius 3 is 1.65 bits per heavy atom. The van der Waals surface area contributed by atoms with E-state index in [1.807, 2.05) is 14.1 Å². The molecule has 1 rings (SSSR count). The van der Waals surface area contributed by atoms with Gasteiger partial charge in [0, 0.05) is 25.4 Å². The van der Waals surface area contributed by atoms with Crippen molar-refractivity contribution in [3.8, 4) is 0 Å². The van der Waals surface area contributed by atoms with E-state index in [0.29, 0.717) is 19.4 Å². The van der Waals surface area contributed by atoms with Crippen molar-refractivity contribution in [1.29, 1.82) is 0 Å². The van der Waals surface area contributed by atoms with Crippen LogP contribution in [0.25, 0.3) is 0 Å². The van der Waals surface area contributed by atoms with Crippen molar-refractivity contribution in [2.24, 2.45) is 11.8 Å². The summed E-state index contributed by atoms with van der Waals surface area (Å²) in [7, 11) is 5.41. The Bertz CT molecular complexity index is 1050. The molecule has 62 heavy (non-hydrogen) atoms. The van der Waals surface area contributed by atoms with Crippen LogP contribution in [-0.2, 0) is 23.8 Å². The summed E-state index contributed by atoms with van der Waals surface area (Å²) in [5, 5.41) is 8.56. The molecule has 0 amide bonds. The van der Waals surface area contributed by atoms with Crippen molar-refractivity contribution in [2.75, 3.05) is 47.6 Å². The summed E-state index contributed by atoms with van der Waals surface area (Å²) in [6.07, 6.45) is 55.5. The lowest BCUT2D eigenvalue weighted by atomic mass is 9.89. The number of unbranched alkanes of at least 4 members (excludes halogenated alkanes) is 19. The van der Waals surface area contributed by atoms with Crippen molar-refractivity contribution in [3.05, 3.63) is 48.6 Å². The molecule has 1 saturated carbocycles. The lowest BCUT2D eigenvalue weighted by molar-refractivity contribution is -0.151. The van der Waals surface area contributed by atoms with Gasteiger partial charge >= 0.3 is 11.9 Å². The smallest absolute Gasteiger partial charge is 0.306 e. The fraction of sp³-hybridized carbons (Fsp3) is 0.818. The topological polar surface area (TPSA) is 85.3 Å². The largest absolute Gasteiger partial charge is 0.469 e. The quantitative estimate of drug-likeness (QED) is 0.0374. The SMILES string of the molecule is CC/C=C\CC1C(CC(=O)OC)CCC1OC(=O)CCCN(C)C.CCCC/C=C\C/C=C\CCCCCCCCOCCO.CCCCC/C=C\CCCCCCCCCC. The monoisotopic (exact) mass is 874 g/mol. The predicted molar refractivity (Wildman–Crippen MR) is 268 cm³/mol. The number of aliphatic hydroxyl groups excluding tert-OH is 1. The molecule has 0 bridgehead atoms. The van der Waals surface area contributed by atoms with E-state index >= 15 is 0 Å². The van der Waals surface area contributed by atoms with Gasteiger partial charge < -0.3 is 24.2 Å². The summed E-state index contributed by atoms with van der Waals surface area (Å²) in [4.78, 5) is 25.8. The zero-order valence-electron chi connectivity index (χ0n) is 42.0. The molecule has 7 nitrogen and oxygen atoms in total. The number of esters is 2. The first-order chi connectivity index (χ1) is 30.3. The van der Waals surface area contributed by atoms with E-state index in [2.05, 4.69) is 81.2 Å². The highest BCUT2D eigenvalue weighted by Crippen LogP contribution is 2.39. The zero-order valence-corrected chi connectivity index (χ0v) is 42.0. The second kappa shape index (κ2) is 51.4. The average Bonchev–Trinajstić information content (AvgIpc) is 3.63. The molecular weight excluding hydrogens is 771 g/mol. The zero-order chi connectivity index (χ0) is 46.0. The first-order valence-electron chi connectivity index (χ1n) is 26.0. The highest BCUT2D eigenvalue weighted by atomic mass is 16.5. The number of hydrogen-bond donors (Lipinski definition) is 1. The van der Waals surface area contributed by atoms with Crippen LogP contribution in [-0.4, -0.2) is 75.6 Å². The number of allylic oxidation sites excluding steroid dienone is 8. The Kier molecular flexibility index (Phi) is 51.3. The Labute approximate surface area is 385 Å². The normalized spacial score (nSPS) is 16.4. The van der Waals surface area contributed by atoms with Crippen LogP contribution in [0.15, 0.2) is 48.6 Å². The van der Waals surface area contributed by atoms with E-state index in [-0.39, 0.29) is 36.5 Å². The molecule has 1 aliphatic carbocycles. The maximum absolute atomic E-state index is 12.1. The summed E-state index contributed by atoms with van der Waals surface area (Å²) >= 11 is 0. The molecule has 1 N–H and O–H groups in total. The molecular formula is C55H103NO6. The van der Waals surface area contributed by atoms with Gasteiger partial charge in [-0.25, -0.2) is 0 Å². The number of hydrogen-bond acceptors (Lipinski definition) is 7. The molecule has 0 aromatic carbocycles. The number of methoxy groups -OCH3 is 1. The molecule has 0 aliphatic heterocycles. The first-order valence-corrected chi connectivity index (χ1v) is 26.0. The molecule has 0 aromatic heterocycles. The third-order valence-corrected chi connectivity index (χ3v) is 11.5. The van der Waals surface area contributed by atoms with E-state index in [4.69, 9.17) is 19.3 Å². The van der Waals surface area contributed by atoms with Gasteiger partial charge in [-0.15, -0.1) is 0 Å². The average molecular weight is 874 g/mol. The Balaban J connectivity index is 0. The summed E-state index contributed by atoms with van der Waals surface area (Å²) in [6.45, 7) is 11.2. The van der Waals surface area contributed by atoms with Gasteiger partial charge in [-0.3, -0.25) is 9.59 Å². The van der Waals surface area contributed by atoms with Gasteiger partial charge in [0.25, 0.3) is 0 Å². The lowest BCUT2D eigenvalue weighted by Gasteiger charge is -2.23. The molecule has 3 atom stereocenters. The maximum atomic E-state index is 12.1. The van der Waals surface area contributed by atoms with Crippen LogP contribution in [0, 0.1) is 11.8 Å². The minimum Gasteiger partial charge on any atom is -0.469 e. The number of aliphatic hydroxyl groups is 1. The van der Waals surface area contributed by atoms with Crippen molar-refractivity contribution in [3.63, 3.8) is 0 Å². The van der Waals surface area contributed by atoms with Crippen molar-refractivity contribution in [1.82, 2.24) is 4.90 Å². The van der Waals surface area contributed by atoms with Gasteiger partial charge in [-0.1, -0.05) is 173 Å². The van der Waals surface area contributed by atoms with E-state index in [0.717, 1.165) is 58.1 Å².